The molecular formula is C19H37N. The standard InChI is InChI=1S/C19H37N/c1-3-5-7-9-12-16-19(15-11-8-6-4-2)17-13-10-14-18-20/h19H,3-17H2,1-2H3. The zero-order valence-electron chi connectivity index (χ0n) is 14.1. The number of unbranched alkanes of at least 4 members (excludes halogenated alkanes) is 9. The van der Waals surface area contributed by atoms with Crippen molar-refractivity contribution in [1.82, 2.24) is 0 Å². The molecule has 0 fully saturated rings. The van der Waals surface area contributed by atoms with Gasteiger partial charge in [0.15, 0.2) is 0 Å². The van der Waals surface area contributed by atoms with Gasteiger partial charge in [-0.3, -0.25) is 0 Å². The molecule has 0 N–H and O–H groups in total. The SMILES string of the molecule is CCCCCCCC(CCCCC#N)CCCCCC. The molecule has 0 aliphatic carbocycles. The highest BCUT2D eigenvalue weighted by Crippen LogP contribution is 2.23. The molecule has 0 rings (SSSR count). The summed E-state index contributed by atoms with van der Waals surface area (Å²) in [5.74, 6) is 0.937. The predicted molar refractivity (Wildman–Crippen MR) is 89.7 cm³/mol. The monoisotopic (exact) mass is 279 g/mol. The third-order valence-corrected chi connectivity index (χ3v) is 4.33. The number of hydrogen-bond donors (Lipinski definition) is 0. The molecule has 0 saturated carbocycles. The Morgan fingerprint density at radius 2 is 1.10 bits per heavy atom. The van der Waals surface area contributed by atoms with Crippen LogP contribution in [0.1, 0.15) is 110 Å². The minimum atomic E-state index is 0.749. The molecule has 1 nitrogen and oxygen atoms in total. The Morgan fingerprint density at radius 3 is 1.60 bits per heavy atom. The summed E-state index contributed by atoms with van der Waals surface area (Å²) in [7, 11) is 0. The van der Waals surface area contributed by atoms with Crippen LogP contribution >= 0.6 is 0 Å². The summed E-state index contributed by atoms with van der Waals surface area (Å²) in [4.78, 5) is 0. The first-order valence-electron chi connectivity index (χ1n) is 9.22. The fourth-order valence-electron chi connectivity index (χ4n) is 2.97. The normalized spacial score (nSPS) is 12.2. The molecule has 0 aromatic heterocycles. The minimum Gasteiger partial charge on any atom is -0.198 e. The van der Waals surface area contributed by atoms with E-state index in [2.05, 4.69) is 19.9 Å². The highest BCUT2D eigenvalue weighted by molar-refractivity contribution is 4.69. The summed E-state index contributed by atoms with van der Waals surface area (Å²) in [6.07, 6.45) is 20.0. The summed E-state index contributed by atoms with van der Waals surface area (Å²) >= 11 is 0. The second-order valence-electron chi connectivity index (χ2n) is 6.32. The van der Waals surface area contributed by atoms with Crippen molar-refractivity contribution in [3.63, 3.8) is 0 Å². The van der Waals surface area contributed by atoms with Gasteiger partial charge in [-0.05, 0) is 12.3 Å². The van der Waals surface area contributed by atoms with E-state index in [4.69, 9.17) is 5.26 Å². The van der Waals surface area contributed by atoms with E-state index in [1.54, 1.807) is 0 Å². The van der Waals surface area contributed by atoms with Crippen LogP contribution in [0.2, 0.25) is 0 Å². The van der Waals surface area contributed by atoms with Crippen LogP contribution in [0.25, 0.3) is 0 Å². The van der Waals surface area contributed by atoms with Crippen molar-refractivity contribution in [3.8, 4) is 6.07 Å². The van der Waals surface area contributed by atoms with Crippen LogP contribution < -0.4 is 0 Å². The first kappa shape index (κ1) is 19.5. The molecule has 0 amide bonds. The van der Waals surface area contributed by atoms with E-state index < -0.39 is 0 Å². The Hall–Kier alpha value is -0.510. The Labute approximate surface area is 128 Å². The molecule has 0 heterocycles. The maximum absolute atomic E-state index is 8.61. The molecule has 0 spiro atoms. The molecule has 1 heteroatoms. The van der Waals surface area contributed by atoms with Crippen LogP contribution in [-0.4, -0.2) is 0 Å². The topological polar surface area (TPSA) is 23.8 Å². The number of rotatable bonds is 15. The van der Waals surface area contributed by atoms with Crippen molar-refractivity contribution in [2.24, 2.45) is 5.92 Å². The fourth-order valence-corrected chi connectivity index (χ4v) is 2.97. The molecule has 1 atom stereocenters. The van der Waals surface area contributed by atoms with Crippen LogP contribution in [0.4, 0.5) is 0 Å². The largest absolute Gasteiger partial charge is 0.198 e. The molecule has 0 radical (unpaired) electrons. The average Bonchev–Trinajstić information content (AvgIpc) is 2.47. The molecule has 0 aromatic rings. The van der Waals surface area contributed by atoms with E-state index in [9.17, 15) is 0 Å². The number of nitrogens with zero attached hydrogens (tertiary/aromatic N) is 1. The molecule has 0 bridgehead atoms. The minimum absolute atomic E-state index is 0.749. The first-order valence-corrected chi connectivity index (χ1v) is 9.22. The van der Waals surface area contributed by atoms with Crippen molar-refractivity contribution < 1.29 is 0 Å². The van der Waals surface area contributed by atoms with Crippen molar-refractivity contribution in [2.75, 3.05) is 0 Å². The van der Waals surface area contributed by atoms with E-state index >= 15 is 0 Å². The van der Waals surface area contributed by atoms with Gasteiger partial charge in [0.25, 0.3) is 0 Å². The second-order valence-corrected chi connectivity index (χ2v) is 6.32. The zero-order chi connectivity index (χ0) is 14.9. The number of hydrogen-bond acceptors (Lipinski definition) is 1. The van der Waals surface area contributed by atoms with E-state index in [-0.39, 0.29) is 0 Å². The van der Waals surface area contributed by atoms with E-state index in [0.29, 0.717) is 0 Å². The van der Waals surface area contributed by atoms with Crippen LogP contribution in [0.15, 0.2) is 0 Å². The summed E-state index contributed by atoms with van der Waals surface area (Å²) in [6, 6.07) is 2.27. The lowest BCUT2D eigenvalue weighted by molar-refractivity contribution is 0.370. The van der Waals surface area contributed by atoms with Crippen molar-refractivity contribution in [1.29, 1.82) is 5.26 Å². The van der Waals surface area contributed by atoms with Gasteiger partial charge in [0.2, 0.25) is 0 Å². The van der Waals surface area contributed by atoms with Crippen molar-refractivity contribution >= 4 is 0 Å². The summed E-state index contributed by atoms with van der Waals surface area (Å²) in [5.41, 5.74) is 0. The van der Waals surface area contributed by atoms with Gasteiger partial charge >= 0.3 is 0 Å². The van der Waals surface area contributed by atoms with Crippen molar-refractivity contribution in [3.05, 3.63) is 0 Å². The summed E-state index contributed by atoms with van der Waals surface area (Å²) in [5, 5.41) is 8.61. The molecule has 118 valence electrons. The van der Waals surface area contributed by atoms with Crippen LogP contribution in [0, 0.1) is 17.2 Å². The summed E-state index contributed by atoms with van der Waals surface area (Å²) in [6.45, 7) is 4.57. The lowest BCUT2D eigenvalue weighted by Gasteiger charge is -2.16. The molecule has 0 aromatic carbocycles. The van der Waals surface area contributed by atoms with E-state index in [1.807, 2.05) is 0 Å². The van der Waals surface area contributed by atoms with Crippen molar-refractivity contribution in [2.45, 2.75) is 110 Å². The molecule has 0 aliphatic heterocycles. The highest BCUT2D eigenvalue weighted by Gasteiger charge is 2.08. The van der Waals surface area contributed by atoms with Gasteiger partial charge in [-0.2, -0.15) is 5.26 Å². The van der Waals surface area contributed by atoms with E-state index in [1.165, 1.54) is 83.5 Å². The smallest absolute Gasteiger partial charge is 0.0621 e. The summed E-state index contributed by atoms with van der Waals surface area (Å²) < 4.78 is 0. The van der Waals surface area contributed by atoms with Gasteiger partial charge in [-0.25, -0.2) is 0 Å². The molecule has 20 heavy (non-hydrogen) atoms. The molecule has 0 aliphatic rings. The third kappa shape index (κ3) is 13.9. The fraction of sp³-hybridized carbons (Fsp3) is 0.947. The Bertz CT molecular complexity index is 216. The zero-order valence-corrected chi connectivity index (χ0v) is 14.1. The quantitative estimate of drug-likeness (QED) is 0.295. The predicted octanol–water partition coefficient (Wildman–Crippen LogP) is 7.02. The highest BCUT2D eigenvalue weighted by atomic mass is 14.2. The lowest BCUT2D eigenvalue weighted by atomic mass is 9.90. The third-order valence-electron chi connectivity index (χ3n) is 4.33. The Balaban J connectivity index is 3.70. The molecule has 0 saturated heterocycles. The van der Waals surface area contributed by atoms with Crippen LogP contribution in [0.5, 0.6) is 0 Å². The van der Waals surface area contributed by atoms with Gasteiger partial charge in [0.1, 0.15) is 0 Å². The van der Waals surface area contributed by atoms with Gasteiger partial charge in [0.05, 0.1) is 6.07 Å². The maximum atomic E-state index is 8.61. The maximum Gasteiger partial charge on any atom is 0.0621 e. The van der Waals surface area contributed by atoms with Gasteiger partial charge in [0, 0.05) is 6.42 Å². The average molecular weight is 280 g/mol. The first-order chi connectivity index (χ1) is 9.85. The van der Waals surface area contributed by atoms with Crippen LogP contribution in [0.3, 0.4) is 0 Å². The second kappa shape index (κ2) is 16.5. The molecule has 1 unspecified atom stereocenters. The number of nitriles is 1. The van der Waals surface area contributed by atoms with Gasteiger partial charge in [-0.1, -0.05) is 97.3 Å². The van der Waals surface area contributed by atoms with Crippen LogP contribution in [-0.2, 0) is 0 Å². The Kier molecular flexibility index (Phi) is 16.1. The van der Waals surface area contributed by atoms with Gasteiger partial charge in [-0.15, -0.1) is 0 Å². The molecular weight excluding hydrogens is 242 g/mol. The van der Waals surface area contributed by atoms with E-state index in [0.717, 1.165) is 18.8 Å². The lowest BCUT2D eigenvalue weighted by Crippen LogP contribution is -2.01. The van der Waals surface area contributed by atoms with Gasteiger partial charge < -0.3 is 0 Å². The Morgan fingerprint density at radius 1 is 0.650 bits per heavy atom.